The Hall–Kier alpha value is -2.24. The van der Waals surface area contributed by atoms with Gasteiger partial charge in [-0.05, 0) is 42.5 Å². The number of nitrogens with zero attached hydrogens (tertiary/aromatic N) is 2. The van der Waals surface area contributed by atoms with Gasteiger partial charge in [0.1, 0.15) is 11.2 Å². The minimum Gasteiger partial charge on any atom is -0.368 e. The molecule has 2 aliphatic carbocycles. The third-order valence-electron chi connectivity index (χ3n) is 6.83. The Morgan fingerprint density at radius 1 is 1.08 bits per heavy atom. The average Bonchev–Trinajstić information content (AvgIpc) is 2.98. The second kappa shape index (κ2) is 5.63. The van der Waals surface area contributed by atoms with Crippen LogP contribution in [0.15, 0.2) is 24.3 Å². The summed E-state index contributed by atoms with van der Waals surface area (Å²) in [6.45, 7) is 6.03. The topological polar surface area (TPSA) is 57.7 Å². The van der Waals surface area contributed by atoms with Gasteiger partial charge in [-0.3, -0.25) is 14.4 Å². The van der Waals surface area contributed by atoms with Crippen molar-refractivity contribution in [3.05, 3.63) is 30.1 Å². The van der Waals surface area contributed by atoms with E-state index in [1.165, 1.54) is 12.1 Å². The van der Waals surface area contributed by atoms with Crippen LogP contribution >= 0.6 is 0 Å². The van der Waals surface area contributed by atoms with Crippen LogP contribution in [0.4, 0.5) is 10.1 Å². The largest absolute Gasteiger partial charge is 0.368 e. The number of fused-ring (bicyclic) bond motifs is 2. The summed E-state index contributed by atoms with van der Waals surface area (Å²) in [5.41, 5.74) is -0.857. The van der Waals surface area contributed by atoms with E-state index >= 15 is 0 Å². The lowest BCUT2D eigenvalue weighted by Gasteiger charge is -2.42. The van der Waals surface area contributed by atoms with Gasteiger partial charge in [0.15, 0.2) is 0 Å². The van der Waals surface area contributed by atoms with Crippen LogP contribution in [0.1, 0.15) is 26.7 Å². The number of anilines is 1. The Balaban J connectivity index is 1.51. The molecule has 2 unspecified atom stereocenters. The number of benzene rings is 1. The van der Waals surface area contributed by atoms with Crippen molar-refractivity contribution in [3.63, 3.8) is 0 Å². The molecule has 26 heavy (non-hydrogen) atoms. The second-order valence-corrected chi connectivity index (χ2v) is 8.17. The SMILES string of the molecule is CC1(C)C2CCC1(C(=O)N1CCN(c3ccc(F)cc3)CC1)C(=O)C2=O. The number of hydrogen-bond donors (Lipinski definition) is 0. The Morgan fingerprint density at radius 2 is 1.69 bits per heavy atom. The first-order valence-electron chi connectivity index (χ1n) is 9.17. The predicted molar refractivity (Wildman–Crippen MR) is 94.1 cm³/mol. The van der Waals surface area contributed by atoms with Crippen LogP contribution in [0.5, 0.6) is 0 Å². The summed E-state index contributed by atoms with van der Waals surface area (Å²) in [6.07, 6.45) is 1.10. The summed E-state index contributed by atoms with van der Waals surface area (Å²) in [5.74, 6) is -1.62. The van der Waals surface area contributed by atoms with Crippen molar-refractivity contribution in [2.24, 2.45) is 16.7 Å². The van der Waals surface area contributed by atoms with E-state index in [0.717, 1.165) is 5.69 Å². The van der Waals surface area contributed by atoms with E-state index in [1.807, 2.05) is 13.8 Å². The van der Waals surface area contributed by atoms with Crippen LogP contribution in [-0.4, -0.2) is 48.6 Å². The molecule has 2 saturated carbocycles. The van der Waals surface area contributed by atoms with Gasteiger partial charge in [0.2, 0.25) is 17.5 Å². The quantitative estimate of drug-likeness (QED) is 0.600. The molecule has 0 N–H and O–H groups in total. The van der Waals surface area contributed by atoms with Crippen molar-refractivity contribution < 1.29 is 18.8 Å². The van der Waals surface area contributed by atoms with Gasteiger partial charge in [0.25, 0.3) is 0 Å². The number of carbonyl (C=O) groups is 3. The molecule has 1 aliphatic heterocycles. The first-order valence-corrected chi connectivity index (χ1v) is 9.17. The maximum atomic E-state index is 13.3. The van der Waals surface area contributed by atoms with Gasteiger partial charge in [-0.25, -0.2) is 4.39 Å². The molecule has 0 spiro atoms. The van der Waals surface area contributed by atoms with Crippen molar-refractivity contribution in [3.8, 4) is 0 Å². The van der Waals surface area contributed by atoms with Crippen LogP contribution in [0, 0.1) is 22.6 Å². The highest BCUT2D eigenvalue weighted by Crippen LogP contribution is 2.63. The normalized spacial score (nSPS) is 30.2. The smallest absolute Gasteiger partial charge is 0.237 e. The summed E-state index contributed by atoms with van der Waals surface area (Å²) in [6, 6.07) is 6.32. The molecule has 3 fully saturated rings. The van der Waals surface area contributed by atoms with Gasteiger partial charge >= 0.3 is 0 Å². The third-order valence-corrected chi connectivity index (χ3v) is 6.83. The maximum absolute atomic E-state index is 13.3. The molecule has 1 aromatic rings. The van der Waals surface area contributed by atoms with Crippen molar-refractivity contribution in [2.45, 2.75) is 26.7 Å². The Kier molecular flexibility index (Phi) is 3.72. The van der Waals surface area contributed by atoms with Crippen molar-refractivity contribution in [1.29, 1.82) is 0 Å². The number of halogens is 1. The second-order valence-electron chi connectivity index (χ2n) is 8.17. The van der Waals surface area contributed by atoms with Gasteiger partial charge in [-0.1, -0.05) is 13.8 Å². The van der Waals surface area contributed by atoms with Crippen LogP contribution in [-0.2, 0) is 14.4 Å². The first kappa shape index (κ1) is 17.2. The van der Waals surface area contributed by atoms with E-state index in [4.69, 9.17) is 0 Å². The standard InChI is InChI=1S/C20H23FN2O3/c1-19(2)15-7-8-20(19,17(25)16(15)24)18(26)23-11-9-22(10-12-23)14-5-3-13(21)4-6-14/h3-6,15H,7-12H2,1-2H3. The molecule has 2 bridgehead atoms. The summed E-state index contributed by atoms with van der Waals surface area (Å²) in [4.78, 5) is 42.1. The molecule has 1 heterocycles. The average molecular weight is 358 g/mol. The number of ketones is 2. The minimum atomic E-state index is -1.17. The van der Waals surface area contributed by atoms with Gasteiger partial charge < -0.3 is 9.80 Å². The molecular formula is C20H23FN2O3. The molecule has 4 rings (SSSR count). The maximum Gasteiger partial charge on any atom is 0.237 e. The van der Waals surface area contributed by atoms with Crippen molar-refractivity contribution >= 4 is 23.2 Å². The summed E-state index contributed by atoms with van der Waals surface area (Å²) < 4.78 is 13.1. The van der Waals surface area contributed by atoms with Crippen LogP contribution in [0.2, 0.25) is 0 Å². The molecule has 1 saturated heterocycles. The molecule has 1 aromatic carbocycles. The number of piperazine rings is 1. The van der Waals surface area contributed by atoms with Gasteiger partial charge in [0, 0.05) is 37.8 Å². The zero-order valence-electron chi connectivity index (χ0n) is 15.1. The van der Waals surface area contributed by atoms with E-state index < -0.39 is 16.6 Å². The van der Waals surface area contributed by atoms with E-state index in [-0.39, 0.29) is 23.4 Å². The van der Waals surface area contributed by atoms with Gasteiger partial charge in [-0.15, -0.1) is 0 Å². The zero-order chi connectivity index (χ0) is 18.7. The summed E-state index contributed by atoms with van der Waals surface area (Å²) >= 11 is 0. The van der Waals surface area contributed by atoms with Gasteiger partial charge in [0.05, 0.1) is 0 Å². The molecular weight excluding hydrogens is 335 g/mol. The molecule has 2 atom stereocenters. The fourth-order valence-electron chi connectivity index (χ4n) is 5.14. The van der Waals surface area contributed by atoms with Crippen molar-refractivity contribution in [1.82, 2.24) is 4.90 Å². The zero-order valence-corrected chi connectivity index (χ0v) is 15.1. The highest BCUT2D eigenvalue weighted by Gasteiger charge is 2.73. The fourth-order valence-corrected chi connectivity index (χ4v) is 5.14. The number of carbonyl (C=O) groups excluding carboxylic acids is 3. The molecule has 0 aromatic heterocycles. The van der Waals surface area contributed by atoms with Crippen LogP contribution in [0.25, 0.3) is 0 Å². The predicted octanol–water partition coefficient (Wildman–Crippen LogP) is 2.05. The lowest BCUT2D eigenvalue weighted by atomic mass is 9.68. The molecule has 5 nitrogen and oxygen atoms in total. The number of rotatable bonds is 2. The lowest BCUT2D eigenvalue weighted by Crippen LogP contribution is -2.57. The molecule has 1 amide bonds. The Labute approximate surface area is 152 Å². The molecule has 6 heteroatoms. The Bertz CT molecular complexity index is 781. The monoisotopic (exact) mass is 358 g/mol. The third kappa shape index (κ3) is 2.10. The van der Waals surface area contributed by atoms with Gasteiger partial charge in [-0.2, -0.15) is 0 Å². The van der Waals surface area contributed by atoms with E-state index in [0.29, 0.717) is 39.0 Å². The minimum absolute atomic E-state index is 0.181. The van der Waals surface area contributed by atoms with Crippen LogP contribution in [0.3, 0.4) is 0 Å². The number of hydrogen-bond acceptors (Lipinski definition) is 4. The Morgan fingerprint density at radius 3 is 2.23 bits per heavy atom. The first-order chi connectivity index (χ1) is 12.3. The van der Waals surface area contributed by atoms with E-state index in [9.17, 15) is 18.8 Å². The van der Waals surface area contributed by atoms with Crippen LogP contribution < -0.4 is 4.90 Å². The van der Waals surface area contributed by atoms with E-state index in [2.05, 4.69) is 4.90 Å². The summed E-state index contributed by atoms with van der Waals surface area (Å²) in [5, 5.41) is 0. The summed E-state index contributed by atoms with van der Waals surface area (Å²) in [7, 11) is 0. The number of amides is 1. The highest BCUT2D eigenvalue weighted by molar-refractivity contribution is 6.47. The van der Waals surface area contributed by atoms with Crippen molar-refractivity contribution in [2.75, 3.05) is 31.1 Å². The molecule has 3 aliphatic rings. The molecule has 0 radical (unpaired) electrons. The lowest BCUT2D eigenvalue weighted by molar-refractivity contribution is -0.155. The number of Topliss-reactive ketones (excluding diaryl/α,β-unsaturated/α-hetero) is 2. The fraction of sp³-hybridized carbons (Fsp3) is 0.550. The molecule has 138 valence electrons. The highest BCUT2D eigenvalue weighted by atomic mass is 19.1. The van der Waals surface area contributed by atoms with E-state index in [1.54, 1.807) is 17.0 Å².